The molecule has 1 atom stereocenters. The van der Waals surface area contributed by atoms with Gasteiger partial charge in [0.25, 0.3) is 0 Å². The molecule has 16 heavy (non-hydrogen) atoms. The van der Waals surface area contributed by atoms with E-state index in [2.05, 4.69) is 22.0 Å². The molecule has 0 aliphatic carbocycles. The zero-order valence-corrected chi connectivity index (χ0v) is 10.8. The van der Waals surface area contributed by atoms with Crippen LogP contribution in [0.1, 0.15) is 35.7 Å². The largest absolute Gasteiger partial charge is 0.469 e. The minimum absolute atomic E-state index is 0.153. The van der Waals surface area contributed by atoms with Crippen LogP contribution in [0.4, 0.5) is 0 Å². The van der Waals surface area contributed by atoms with Crippen molar-refractivity contribution in [1.29, 1.82) is 0 Å². The number of carbonyl (C=O) groups is 1. The van der Waals surface area contributed by atoms with Gasteiger partial charge in [0, 0.05) is 17.5 Å². The number of aromatic nitrogens is 1. The van der Waals surface area contributed by atoms with Gasteiger partial charge in [-0.3, -0.25) is 4.79 Å². The maximum absolute atomic E-state index is 10.9. The summed E-state index contributed by atoms with van der Waals surface area (Å²) in [4.78, 5) is 16.4. The van der Waals surface area contributed by atoms with Crippen molar-refractivity contribution in [3.05, 3.63) is 16.1 Å². The fraction of sp³-hybridized carbons (Fsp3) is 0.636. The van der Waals surface area contributed by atoms with Gasteiger partial charge in [-0.25, -0.2) is 4.98 Å². The van der Waals surface area contributed by atoms with Gasteiger partial charge in [0.1, 0.15) is 5.01 Å². The van der Waals surface area contributed by atoms with E-state index in [0.29, 0.717) is 6.42 Å². The zero-order valence-electron chi connectivity index (χ0n) is 9.95. The maximum atomic E-state index is 10.9. The van der Waals surface area contributed by atoms with Gasteiger partial charge in [-0.2, -0.15) is 0 Å². The highest BCUT2D eigenvalue weighted by Gasteiger charge is 2.08. The van der Waals surface area contributed by atoms with Crippen molar-refractivity contribution < 1.29 is 9.53 Å². The highest BCUT2D eigenvalue weighted by molar-refractivity contribution is 7.11. The minimum atomic E-state index is -0.153. The third kappa shape index (κ3) is 4.28. The Bertz CT molecular complexity index is 338. The lowest BCUT2D eigenvalue weighted by Gasteiger charge is -2.10. The van der Waals surface area contributed by atoms with Crippen LogP contribution in [0.5, 0.6) is 0 Å². The highest BCUT2D eigenvalue weighted by Crippen LogP contribution is 2.18. The first-order valence-corrected chi connectivity index (χ1v) is 6.17. The van der Waals surface area contributed by atoms with Crippen LogP contribution >= 0.6 is 11.3 Å². The molecule has 0 aliphatic rings. The van der Waals surface area contributed by atoms with Crippen molar-refractivity contribution >= 4 is 17.3 Å². The molecule has 4 nitrogen and oxygen atoms in total. The fourth-order valence-corrected chi connectivity index (χ4v) is 2.11. The Morgan fingerprint density at radius 2 is 2.44 bits per heavy atom. The monoisotopic (exact) mass is 242 g/mol. The van der Waals surface area contributed by atoms with E-state index in [4.69, 9.17) is 0 Å². The molecule has 0 radical (unpaired) electrons. The van der Waals surface area contributed by atoms with Crippen molar-refractivity contribution in [1.82, 2.24) is 10.3 Å². The lowest BCUT2D eigenvalue weighted by molar-refractivity contribution is -0.140. The quantitative estimate of drug-likeness (QED) is 0.613. The zero-order chi connectivity index (χ0) is 12.0. The summed E-state index contributed by atoms with van der Waals surface area (Å²) in [5, 5.41) is 4.42. The first-order valence-electron chi connectivity index (χ1n) is 5.36. The van der Waals surface area contributed by atoms with Gasteiger partial charge in [-0.15, -0.1) is 11.3 Å². The second-order valence-corrected chi connectivity index (χ2v) is 4.93. The Morgan fingerprint density at radius 3 is 3.00 bits per heavy atom. The first kappa shape index (κ1) is 13.1. The number of hydrogen-bond acceptors (Lipinski definition) is 5. The van der Waals surface area contributed by atoms with Crippen molar-refractivity contribution in [2.45, 2.75) is 32.7 Å². The van der Waals surface area contributed by atoms with Crippen LogP contribution in [0, 0.1) is 6.92 Å². The van der Waals surface area contributed by atoms with E-state index in [-0.39, 0.29) is 12.0 Å². The van der Waals surface area contributed by atoms with E-state index in [1.807, 2.05) is 13.1 Å². The summed E-state index contributed by atoms with van der Waals surface area (Å²) in [7, 11) is 1.41. The molecule has 0 aromatic carbocycles. The van der Waals surface area contributed by atoms with Gasteiger partial charge in [-0.1, -0.05) is 0 Å². The third-order valence-electron chi connectivity index (χ3n) is 2.25. The molecule has 0 bridgehead atoms. The van der Waals surface area contributed by atoms with Crippen LogP contribution in [0.3, 0.4) is 0 Å². The Kier molecular flexibility index (Phi) is 5.42. The number of rotatable bonds is 6. The minimum Gasteiger partial charge on any atom is -0.469 e. The molecule has 0 spiro atoms. The summed E-state index contributed by atoms with van der Waals surface area (Å²) in [5.74, 6) is -0.153. The molecular formula is C11H18N2O2S. The summed E-state index contributed by atoms with van der Waals surface area (Å²) >= 11 is 1.70. The van der Waals surface area contributed by atoms with Gasteiger partial charge in [0.15, 0.2) is 0 Å². The normalized spacial score (nSPS) is 12.4. The average Bonchev–Trinajstić information content (AvgIpc) is 2.70. The number of thiazole rings is 1. The maximum Gasteiger partial charge on any atom is 0.305 e. The Balaban J connectivity index is 2.20. The molecule has 1 rings (SSSR count). The molecule has 1 N–H and O–H groups in total. The van der Waals surface area contributed by atoms with Gasteiger partial charge < -0.3 is 10.1 Å². The molecule has 0 saturated carbocycles. The summed E-state index contributed by atoms with van der Waals surface area (Å²) in [6.07, 6.45) is 3.14. The van der Waals surface area contributed by atoms with E-state index in [0.717, 1.165) is 18.0 Å². The average molecular weight is 242 g/mol. The van der Waals surface area contributed by atoms with Crippen LogP contribution in [0.2, 0.25) is 0 Å². The van der Waals surface area contributed by atoms with Gasteiger partial charge in [0.05, 0.1) is 13.2 Å². The molecule has 0 amide bonds. The lowest BCUT2D eigenvalue weighted by atomic mass is 10.3. The second-order valence-electron chi connectivity index (χ2n) is 3.66. The number of methoxy groups -OCH3 is 1. The number of carbonyl (C=O) groups excluding carboxylic acids is 1. The standard InChI is InChI=1S/C11H18N2O2S/c1-8-7-13-11(16-8)9(2)12-6-4-5-10(14)15-3/h7,9,12H,4-6H2,1-3H3. The van der Waals surface area contributed by atoms with Crippen LogP contribution < -0.4 is 5.32 Å². The van der Waals surface area contributed by atoms with E-state index < -0.39 is 0 Å². The van der Waals surface area contributed by atoms with Gasteiger partial charge >= 0.3 is 5.97 Å². The molecule has 1 aromatic heterocycles. The van der Waals surface area contributed by atoms with E-state index in [9.17, 15) is 4.79 Å². The van der Waals surface area contributed by atoms with E-state index >= 15 is 0 Å². The van der Waals surface area contributed by atoms with E-state index in [1.165, 1.54) is 12.0 Å². The Labute approximate surface area is 100 Å². The smallest absolute Gasteiger partial charge is 0.305 e. The van der Waals surface area contributed by atoms with E-state index in [1.54, 1.807) is 11.3 Å². The van der Waals surface area contributed by atoms with Gasteiger partial charge in [-0.05, 0) is 26.8 Å². The molecule has 0 aliphatic heterocycles. The number of aryl methyl sites for hydroxylation is 1. The lowest BCUT2D eigenvalue weighted by Crippen LogP contribution is -2.20. The fourth-order valence-electron chi connectivity index (χ4n) is 1.31. The molecule has 0 saturated heterocycles. The number of nitrogens with one attached hydrogen (secondary N) is 1. The molecular weight excluding hydrogens is 224 g/mol. The topological polar surface area (TPSA) is 51.2 Å². The summed E-state index contributed by atoms with van der Waals surface area (Å²) in [6, 6.07) is 0.247. The van der Waals surface area contributed by atoms with Crippen molar-refractivity contribution in [3.8, 4) is 0 Å². The first-order chi connectivity index (χ1) is 7.63. The number of ether oxygens (including phenoxy) is 1. The van der Waals surface area contributed by atoms with Crippen LogP contribution in [-0.2, 0) is 9.53 Å². The molecule has 0 fully saturated rings. The van der Waals surface area contributed by atoms with Crippen molar-refractivity contribution in [2.24, 2.45) is 0 Å². The Morgan fingerprint density at radius 1 is 1.69 bits per heavy atom. The van der Waals surface area contributed by atoms with Crippen molar-refractivity contribution in [2.75, 3.05) is 13.7 Å². The Hall–Kier alpha value is -0.940. The molecule has 90 valence electrons. The molecule has 1 unspecified atom stereocenters. The summed E-state index contributed by atoms with van der Waals surface area (Å²) < 4.78 is 4.57. The molecule has 5 heteroatoms. The summed E-state index contributed by atoms with van der Waals surface area (Å²) in [6.45, 7) is 4.93. The summed E-state index contributed by atoms with van der Waals surface area (Å²) in [5.41, 5.74) is 0. The van der Waals surface area contributed by atoms with Crippen LogP contribution in [-0.4, -0.2) is 24.6 Å². The number of nitrogens with zero attached hydrogens (tertiary/aromatic N) is 1. The van der Waals surface area contributed by atoms with Crippen LogP contribution in [0.25, 0.3) is 0 Å². The predicted octanol–water partition coefficient (Wildman–Crippen LogP) is 2.06. The van der Waals surface area contributed by atoms with Gasteiger partial charge in [0.2, 0.25) is 0 Å². The third-order valence-corrected chi connectivity index (χ3v) is 3.34. The SMILES string of the molecule is COC(=O)CCCNC(C)c1ncc(C)s1. The van der Waals surface area contributed by atoms with Crippen molar-refractivity contribution in [3.63, 3.8) is 0 Å². The number of esters is 1. The second kappa shape index (κ2) is 6.60. The predicted molar refractivity (Wildman–Crippen MR) is 64.5 cm³/mol. The highest BCUT2D eigenvalue weighted by atomic mass is 32.1. The molecule has 1 aromatic rings. The van der Waals surface area contributed by atoms with Crippen LogP contribution in [0.15, 0.2) is 6.20 Å². The molecule has 1 heterocycles. The number of hydrogen-bond donors (Lipinski definition) is 1.